The third-order valence-corrected chi connectivity index (χ3v) is 5.16. The maximum absolute atomic E-state index is 12.3. The fourth-order valence-electron chi connectivity index (χ4n) is 1.94. The van der Waals surface area contributed by atoms with Crippen LogP contribution in [0.5, 0.6) is 0 Å². The van der Waals surface area contributed by atoms with Gasteiger partial charge in [0.2, 0.25) is 10.0 Å². The zero-order chi connectivity index (χ0) is 12.5. The van der Waals surface area contributed by atoms with E-state index in [1.165, 1.54) is 22.5 Å². The Kier molecular flexibility index (Phi) is 3.61. The van der Waals surface area contributed by atoms with E-state index in [9.17, 15) is 8.42 Å². The first-order chi connectivity index (χ1) is 8.01. The number of benzene rings is 1. The Morgan fingerprint density at radius 2 is 1.82 bits per heavy atom. The van der Waals surface area contributed by atoms with Gasteiger partial charge >= 0.3 is 0 Å². The van der Waals surface area contributed by atoms with Crippen molar-refractivity contribution >= 4 is 27.3 Å². The maximum atomic E-state index is 12.3. The van der Waals surface area contributed by atoms with Crippen LogP contribution in [0.4, 0.5) is 5.69 Å². The molecule has 17 heavy (non-hydrogen) atoms. The van der Waals surface area contributed by atoms with Gasteiger partial charge in [-0.3, -0.25) is 0 Å². The summed E-state index contributed by atoms with van der Waals surface area (Å²) in [5.74, 6) is 0. The highest BCUT2D eigenvalue weighted by atomic mass is 35.5. The topological polar surface area (TPSA) is 63.4 Å². The molecule has 1 saturated heterocycles. The third kappa shape index (κ3) is 2.56. The first kappa shape index (κ1) is 12.7. The Morgan fingerprint density at radius 3 is 2.41 bits per heavy atom. The Bertz CT molecular complexity index is 510. The number of halogens is 1. The van der Waals surface area contributed by atoms with Crippen molar-refractivity contribution in [3.05, 3.63) is 23.2 Å². The average Bonchev–Trinajstić information content (AvgIpc) is 2.33. The van der Waals surface area contributed by atoms with Gasteiger partial charge in [-0.25, -0.2) is 8.42 Å². The molecule has 94 valence electrons. The maximum Gasteiger partial charge on any atom is 0.243 e. The molecular weight excluding hydrogens is 260 g/mol. The second-order valence-electron chi connectivity index (χ2n) is 4.15. The van der Waals surface area contributed by atoms with Crippen LogP contribution >= 0.6 is 11.6 Å². The molecule has 0 saturated carbocycles. The fourth-order valence-corrected chi connectivity index (χ4v) is 3.61. The molecule has 6 heteroatoms. The lowest BCUT2D eigenvalue weighted by Crippen LogP contribution is -2.35. The van der Waals surface area contributed by atoms with Crippen molar-refractivity contribution in [1.82, 2.24) is 4.31 Å². The number of nitrogens with two attached hydrogens (primary N) is 1. The molecule has 0 amide bonds. The number of nitrogen functional groups attached to an aromatic ring is 1. The quantitative estimate of drug-likeness (QED) is 0.840. The number of anilines is 1. The van der Waals surface area contributed by atoms with Gasteiger partial charge in [-0.2, -0.15) is 4.31 Å². The van der Waals surface area contributed by atoms with Gasteiger partial charge in [-0.05, 0) is 31.0 Å². The van der Waals surface area contributed by atoms with Gasteiger partial charge in [-0.1, -0.05) is 18.0 Å². The lowest BCUT2D eigenvalue weighted by molar-refractivity contribution is 0.346. The largest absolute Gasteiger partial charge is 0.397 e. The summed E-state index contributed by atoms with van der Waals surface area (Å²) < 4.78 is 26.1. The van der Waals surface area contributed by atoms with E-state index < -0.39 is 10.0 Å². The van der Waals surface area contributed by atoms with Crippen LogP contribution in [0.3, 0.4) is 0 Å². The van der Waals surface area contributed by atoms with E-state index in [0.717, 1.165) is 19.3 Å². The highest BCUT2D eigenvalue weighted by molar-refractivity contribution is 7.89. The minimum atomic E-state index is -3.41. The van der Waals surface area contributed by atoms with Crippen molar-refractivity contribution in [3.8, 4) is 0 Å². The van der Waals surface area contributed by atoms with Gasteiger partial charge in [0.05, 0.1) is 15.6 Å². The molecule has 4 nitrogen and oxygen atoms in total. The summed E-state index contributed by atoms with van der Waals surface area (Å²) in [4.78, 5) is 0.223. The summed E-state index contributed by atoms with van der Waals surface area (Å²) in [6.45, 7) is 1.18. The van der Waals surface area contributed by atoms with Crippen molar-refractivity contribution in [2.45, 2.75) is 24.2 Å². The van der Waals surface area contributed by atoms with E-state index in [1.54, 1.807) is 0 Å². The SMILES string of the molecule is Nc1cc(S(=O)(=O)N2CCCCC2)ccc1Cl. The third-order valence-electron chi connectivity index (χ3n) is 2.92. The highest BCUT2D eigenvalue weighted by Crippen LogP contribution is 2.25. The average molecular weight is 275 g/mol. The standard InChI is InChI=1S/C11H15ClN2O2S/c12-10-5-4-9(8-11(10)13)17(15,16)14-6-2-1-3-7-14/h4-5,8H,1-3,6-7,13H2. The Labute approximate surface area is 106 Å². The smallest absolute Gasteiger partial charge is 0.243 e. The van der Waals surface area contributed by atoms with E-state index in [2.05, 4.69) is 0 Å². The second kappa shape index (κ2) is 4.84. The van der Waals surface area contributed by atoms with Crippen LogP contribution < -0.4 is 5.73 Å². The molecule has 0 atom stereocenters. The number of rotatable bonds is 2. The van der Waals surface area contributed by atoms with Crippen molar-refractivity contribution in [1.29, 1.82) is 0 Å². The number of hydrogen-bond donors (Lipinski definition) is 1. The molecule has 1 fully saturated rings. The molecule has 1 aromatic rings. The molecule has 0 unspecified atom stereocenters. The van der Waals surface area contributed by atoms with E-state index in [-0.39, 0.29) is 4.90 Å². The molecule has 2 rings (SSSR count). The Hall–Kier alpha value is -0.780. The minimum absolute atomic E-state index is 0.223. The van der Waals surface area contributed by atoms with Crippen molar-refractivity contribution in [3.63, 3.8) is 0 Å². The summed E-state index contributed by atoms with van der Waals surface area (Å²) >= 11 is 5.78. The molecular formula is C11H15ClN2O2S. The van der Waals surface area contributed by atoms with Crippen molar-refractivity contribution < 1.29 is 8.42 Å². The minimum Gasteiger partial charge on any atom is -0.397 e. The number of nitrogens with zero attached hydrogens (tertiary/aromatic N) is 1. The number of piperidine rings is 1. The van der Waals surface area contributed by atoms with Gasteiger partial charge in [0.15, 0.2) is 0 Å². The van der Waals surface area contributed by atoms with E-state index >= 15 is 0 Å². The van der Waals surface area contributed by atoms with Gasteiger partial charge in [0.25, 0.3) is 0 Å². The predicted octanol–water partition coefficient (Wildman–Crippen LogP) is 2.10. The van der Waals surface area contributed by atoms with E-state index in [4.69, 9.17) is 17.3 Å². The van der Waals surface area contributed by atoms with Gasteiger partial charge < -0.3 is 5.73 Å². The summed E-state index contributed by atoms with van der Waals surface area (Å²) in [7, 11) is -3.41. The van der Waals surface area contributed by atoms with Gasteiger partial charge in [0, 0.05) is 13.1 Å². The van der Waals surface area contributed by atoms with E-state index in [1.807, 2.05) is 0 Å². The molecule has 0 aromatic heterocycles. The van der Waals surface area contributed by atoms with Crippen molar-refractivity contribution in [2.75, 3.05) is 18.8 Å². The highest BCUT2D eigenvalue weighted by Gasteiger charge is 2.26. The van der Waals surface area contributed by atoms with Crippen molar-refractivity contribution in [2.24, 2.45) is 0 Å². The molecule has 0 radical (unpaired) electrons. The van der Waals surface area contributed by atoms with Crippen LogP contribution in [-0.4, -0.2) is 25.8 Å². The predicted molar refractivity (Wildman–Crippen MR) is 68.5 cm³/mol. The summed E-state index contributed by atoms with van der Waals surface area (Å²) in [6.07, 6.45) is 2.93. The van der Waals surface area contributed by atoms with Gasteiger partial charge in [0.1, 0.15) is 0 Å². The molecule has 0 aliphatic carbocycles. The lowest BCUT2D eigenvalue weighted by atomic mass is 10.2. The summed E-state index contributed by atoms with van der Waals surface area (Å²) in [5.41, 5.74) is 5.93. The van der Waals surface area contributed by atoms with Crippen LogP contribution in [0.15, 0.2) is 23.1 Å². The second-order valence-corrected chi connectivity index (χ2v) is 6.49. The molecule has 1 aliphatic rings. The normalized spacial score (nSPS) is 18.2. The molecule has 1 aliphatic heterocycles. The summed E-state index contributed by atoms with van der Waals surface area (Å²) in [6, 6.07) is 4.45. The fraction of sp³-hybridized carbons (Fsp3) is 0.455. The van der Waals surface area contributed by atoms with Crippen LogP contribution in [0.25, 0.3) is 0 Å². The monoisotopic (exact) mass is 274 g/mol. The molecule has 0 bridgehead atoms. The Balaban J connectivity index is 2.33. The molecule has 1 aromatic carbocycles. The van der Waals surface area contributed by atoms with E-state index in [0.29, 0.717) is 23.8 Å². The molecule has 2 N–H and O–H groups in total. The van der Waals surface area contributed by atoms with Gasteiger partial charge in [-0.15, -0.1) is 0 Å². The van der Waals surface area contributed by atoms with Crippen LogP contribution in [-0.2, 0) is 10.0 Å². The molecule has 1 heterocycles. The first-order valence-corrected chi connectivity index (χ1v) is 7.39. The van der Waals surface area contributed by atoms with Crippen LogP contribution in [0.1, 0.15) is 19.3 Å². The van der Waals surface area contributed by atoms with Crippen LogP contribution in [0, 0.1) is 0 Å². The summed E-state index contributed by atoms with van der Waals surface area (Å²) in [5, 5.41) is 0.377. The van der Waals surface area contributed by atoms with Crippen LogP contribution in [0.2, 0.25) is 5.02 Å². The Morgan fingerprint density at radius 1 is 1.18 bits per heavy atom. The lowest BCUT2D eigenvalue weighted by Gasteiger charge is -2.26. The zero-order valence-corrected chi connectivity index (χ0v) is 11.0. The first-order valence-electron chi connectivity index (χ1n) is 5.57. The number of sulfonamides is 1. The number of hydrogen-bond acceptors (Lipinski definition) is 3. The zero-order valence-electron chi connectivity index (χ0n) is 9.39. The molecule has 0 spiro atoms.